The minimum absolute atomic E-state index is 0.372. The third-order valence-corrected chi connectivity index (χ3v) is 2.59. The van der Waals surface area contributed by atoms with Gasteiger partial charge in [0.2, 0.25) is 5.82 Å². The Morgan fingerprint density at radius 1 is 0.667 bits per heavy atom. The Morgan fingerprint density at radius 2 is 1.14 bits per heavy atom. The van der Waals surface area contributed by atoms with Gasteiger partial charge in [-0.2, -0.15) is 0 Å². The third-order valence-electron chi connectivity index (χ3n) is 2.59. The Morgan fingerprint density at radius 3 is 1.67 bits per heavy atom. The molecule has 1 nitrogen and oxygen atoms in total. The van der Waals surface area contributed by atoms with E-state index in [1.165, 1.54) is 12.1 Å². The van der Waals surface area contributed by atoms with E-state index in [2.05, 4.69) is 5.32 Å². The molecule has 0 aliphatic rings. The van der Waals surface area contributed by atoms with Crippen molar-refractivity contribution in [2.75, 3.05) is 5.32 Å². The Hall–Kier alpha value is -2.44. The Bertz CT molecular complexity index is 665. The van der Waals surface area contributed by atoms with E-state index >= 15 is 0 Å². The second kappa shape index (κ2) is 5.90. The highest BCUT2D eigenvalue weighted by molar-refractivity contribution is 5.56. The van der Waals surface area contributed by atoms with E-state index in [1.807, 2.05) is 0 Å². The van der Waals surface area contributed by atoms with E-state index in [1.54, 1.807) is 0 Å². The lowest BCUT2D eigenvalue weighted by Gasteiger charge is -2.05. The summed E-state index contributed by atoms with van der Waals surface area (Å²) in [6, 6.07) is 4.93. The molecular formula is C14H7F6N. The molecule has 0 radical (unpaired) electrons. The van der Waals surface area contributed by atoms with Gasteiger partial charge in [0.25, 0.3) is 0 Å². The van der Waals surface area contributed by atoms with Crippen LogP contribution in [0.4, 0.5) is 32.0 Å². The van der Waals surface area contributed by atoms with Gasteiger partial charge in [0.15, 0.2) is 23.3 Å². The number of anilines is 1. The zero-order valence-corrected chi connectivity index (χ0v) is 10.2. The summed E-state index contributed by atoms with van der Waals surface area (Å²) < 4.78 is 78.0. The monoisotopic (exact) mass is 303 g/mol. The molecular weight excluding hydrogens is 296 g/mol. The van der Waals surface area contributed by atoms with Crippen molar-refractivity contribution in [1.29, 1.82) is 0 Å². The number of halogens is 6. The standard InChI is InChI=1S/C14H7F6N/c15-7-1-3-8(4-2-7)21-6-5-9-10(16)12(18)14(20)13(19)11(9)17/h1-6,21H. The molecule has 0 saturated heterocycles. The topological polar surface area (TPSA) is 12.0 Å². The van der Waals surface area contributed by atoms with Crippen LogP contribution < -0.4 is 5.32 Å². The van der Waals surface area contributed by atoms with Crippen molar-refractivity contribution in [3.8, 4) is 0 Å². The lowest BCUT2D eigenvalue weighted by Crippen LogP contribution is -2.04. The summed E-state index contributed by atoms with van der Waals surface area (Å²) in [5.74, 6) is -10.6. The van der Waals surface area contributed by atoms with E-state index in [0.29, 0.717) is 11.8 Å². The highest BCUT2D eigenvalue weighted by Gasteiger charge is 2.24. The van der Waals surface area contributed by atoms with Crippen LogP contribution in [-0.4, -0.2) is 0 Å². The van der Waals surface area contributed by atoms with Crippen LogP contribution in [-0.2, 0) is 0 Å². The maximum absolute atomic E-state index is 13.3. The highest BCUT2D eigenvalue weighted by atomic mass is 19.2. The first-order valence-electron chi connectivity index (χ1n) is 5.62. The first-order chi connectivity index (χ1) is 9.91. The fourth-order valence-corrected chi connectivity index (χ4v) is 1.54. The molecule has 0 aromatic heterocycles. The Balaban J connectivity index is 2.27. The molecule has 0 saturated carbocycles. The molecule has 0 bridgehead atoms. The summed E-state index contributed by atoms with van der Waals surface area (Å²) in [6.07, 6.45) is 1.67. The van der Waals surface area contributed by atoms with Crippen LogP contribution in [0.2, 0.25) is 0 Å². The summed E-state index contributed by atoms with van der Waals surface area (Å²) >= 11 is 0. The van der Waals surface area contributed by atoms with Gasteiger partial charge in [-0.3, -0.25) is 0 Å². The summed E-state index contributed by atoms with van der Waals surface area (Å²) in [4.78, 5) is 0. The lowest BCUT2D eigenvalue weighted by molar-refractivity contribution is 0.377. The van der Waals surface area contributed by atoms with Crippen molar-refractivity contribution in [2.45, 2.75) is 0 Å². The molecule has 1 N–H and O–H groups in total. The molecule has 0 amide bonds. The molecule has 0 aliphatic heterocycles. The van der Waals surface area contributed by atoms with Gasteiger partial charge in [-0.25, -0.2) is 26.3 Å². The van der Waals surface area contributed by atoms with Crippen molar-refractivity contribution < 1.29 is 26.3 Å². The maximum Gasteiger partial charge on any atom is 0.200 e. The normalized spacial score (nSPS) is 11.1. The molecule has 0 atom stereocenters. The minimum Gasteiger partial charge on any atom is -0.362 e. The van der Waals surface area contributed by atoms with Gasteiger partial charge in [-0.15, -0.1) is 0 Å². The van der Waals surface area contributed by atoms with Gasteiger partial charge < -0.3 is 5.32 Å². The van der Waals surface area contributed by atoms with E-state index in [4.69, 9.17) is 0 Å². The fraction of sp³-hybridized carbons (Fsp3) is 0. The molecule has 7 heteroatoms. The van der Waals surface area contributed by atoms with Crippen molar-refractivity contribution in [1.82, 2.24) is 0 Å². The van der Waals surface area contributed by atoms with Crippen LogP contribution >= 0.6 is 0 Å². The average Bonchev–Trinajstić information content (AvgIpc) is 2.48. The number of nitrogens with one attached hydrogen (secondary N) is 1. The smallest absolute Gasteiger partial charge is 0.200 e. The molecule has 0 fully saturated rings. The molecule has 21 heavy (non-hydrogen) atoms. The molecule has 0 aliphatic carbocycles. The van der Waals surface area contributed by atoms with Gasteiger partial charge in [0.05, 0.1) is 5.56 Å². The molecule has 2 aromatic rings. The first-order valence-corrected chi connectivity index (χ1v) is 5.62. The van der Waals surface area contributed by atoms with Gasteiger partial charge >= 0.3 is 0 Å². The van der Waals surface area contributed by atoms with Crippen LogP contribution in [0.1, 0.15) is 5.56 Å². The largest absolute Gasteiger partial charge is 0.362 e. The number of benzene rings is 2. The summed E-state index contributed by atoms with van der Waals surface area (Å²) in [5, 5.41) is 2.51. The van der Waals surface area contributed by atoms with Crippen LogP contribution in [0.5, 0.6) is 0 Å². The van der Waals surface area contributed by atoms with E-state index in [-0.39, 0.29) is 0 Å². The average molecular weight is 303 g/mol. The molecule has 110 valence electrons. The minimum atomic E-state index is -2.21. The van der Waals surface area contributed by atoms with Crippen LogP contribution in [0.25, 0.3) is 6.08 Å². The SMILES string of the molecule is Fc1ccc(NC=Cc2c(F)c(F)c(F)c(F)c2F)cc1. The van der Waals surface area contributed by atoms with Crippen molar-refractivity contribution in [3.05, 3.63) is 70.9 Å². The molecule has 2 rings (SSSR count). The molecule has 0 spiro atoms. The van der Waals surface area contributed by atoms with Crippen molar-refractivity contribution >= 4 is 11.8 Å². The highest BCUT2D eigenvalue weighted by Crippen LogP contribution is 2.24. The molecule has 0 heterocycles. The zero-order valence-electron chi connectivity index (χ0n) is 10.2. The Labute approximate surface area is 115 Å². The van der Waals surface area contributed by atoms with Crippen LogP contribution in [0.3, 0.4) is 0 Å². The maximum atomic E-state index is 13.3. The van der Waals surface area contributed by atoms with E-state index in [9.17, 15) is 26.3 Å². The fourth-order valence-electron chi connectivity index (χ4n) is 1.54. The predicted octanol–water partition coefficient (Wildman–Crippen LogP) is 4.60. The number of rotatable bonds is 3. The second-order valence-corrected chi connectivity index (χ2v) is 3.97. The van der Waals surface area contributed by atoms with Crippen molar-refractivity contribution in [3.63, 3.8) is 0 Å². The van der Waals surface area contributed by atoms with Crippen LogP contribution in [0, 0.1) is 34.9 Å². The van der Waals surface area contributed by atoms with Gasteiger partial charge in [0.1, 0.15) is 5.82 Å². The van der Waals surface area contributed by atoms with E-state index in [0.717, 1.165) is 18.3 Å². The van der Waals surface area contributed by atoms with Crippen LogP contribution in [0.15, 0.2) is 30.5 Å². The summed E-state index contributed by atoms with van der Waals surface area (Å²) in [5.41, 5.74) is -0.697. The number of hydrogen-bond acceptors (Lipinski definition) is 1. The quantitative estimate of drug-likeness (QED) is 0.496. The molecule has 2 aromatic carbocycles. The van der Waals surface area contributed by atoms with Gasteiger partial charge in [0, 0.05) is 11.9 Å². The third kappa shape index (κ3) is 3.01. The van der Waals surface area contributed by atoms with E-state index < -0.39 is 40.5 Å². The predicted molar refractivity (Wildman–Crippen MR) is 65.3 cm³/mol. The second-order valence-electron chi connectivity index (χ2n) is 3.97. The molecule has 0 unspecified atom stereocenters. The first kappa shape index (κ1) is 15.0. The zero-order chi connectivity index (χ0) is 15.6. The van der Waals surface area contributed by atoms with Crippen molar-refractivity contribution in [2.24, 2.45) is 0 Å². The van der Waals surface area contributed by atoms with Gasteiger partial charge in [-0.1, -0.05) is 0 Å². The summed E-state index contributed by atoms with van der Waals surface area (Å²) in [6.45, 7) is 0. The summed E-state index contributed by atoms with van der Waals surface area (Å²) in [7, 11) is 0. The van der Waals surface area contributed by atoms with Gasteiger partial charge in [-0.05, 0) is 30.3 Å². The lowest BCUT2D eigenvalue weighted by atomic mass is 10.1. The number of hydrogen-bond donors (Lipinski definition) is 1. The Kier molecular flexibility index (Phi) is 4.21.